The molecule has 2 atom stereocenters. The maximum Gasteiger partial charge on any atom is 0.173 e. The summed E-state index contributed by atoms with van der Waals surface area (Å²) >= 11 is 0. The van der Waals surface area contributed by atoms with Gasteiger partial charge in [-0.1, -0.05) is 19.1 Å². The van der Waals surface area contributed by atoms with Gasteiger partial charge in [0.2, 0.25) is 0 Å². The first-order valence-corrected chi connectivity index (χ1v) is 12.2. The molecular formula is C28H31FN4O3. The third-order valence-corrected chi connectivity index (χ3v) is 7.49. The SMILES string of the molecule is Cc1cc(F)c(Nc2ccnc3c2C(=O)Cc2cc(CN4CCC(C)(O)C(C)C4)ccc2N3)cc1O. The van der Waals surface area contributed by atoms with E-state index in [1.807, 2.05) is 25.1 Å². The Bertz CT molecular complexity index is 1340. The Morgan fingerprint density at radius 3 is 2.83 bits per heavy atom. The lowest BCUT2D eigenvalue weighted by Gasteiger charge is -2.41. The number of carbonyl (C=O) groups is 1. The van der Waals surface area contributed by atoms with Gasteiger partial charge < -0.3 is 20.8 Å². The highest BCUT2D eigenvalue weighted by Gasteiger charge is 2.34. The number of hydrogen-bond donors (Lipinski definition) is 4. The van der Waals surface area contributed by atoms with E-state index in [-0.39, 0.29) is 29.6 Å². The van der Waals surface area contributed by atoms with Gasteiger partial charge in [-0.2, -0.15) is 0 Å². The third kappa shape index (κ3) is 4.66. The molecule has 3 aromatic rings. The van der Waals surface area contributed by atoms with Crippen molar-refractivity contribution in [1.82, 2.24) is 9.88 Å². The molecule has 0 radical (unpaired) electrons. The van der Waals surface area contributed by atoms with Gasteiger partial charge in [0, 0.05) is 44.0 Å². The zero-order valence-electron chi connectivity index (χ0n) is 20.7. The van der Waals surface area contributed by atoms with Gasteiger partial charge in [-0.3, -0.25) is 9.69 Å². The Morgan fingerprint density at radius 1 is 1.25 bits per heavy atom. The van der Waals surface area contributed by atoms with E-state index in [2.05, 4.69) is 27.4 Å². The number of halogens is 1. The van der Waals surface area contributed by atoms with Crippen molar-refractivity contribution in [1.29, 1.82) is 0 Å². The lowest BCUT2D eigenvalue weighted by Crippen LogP contribution is -2.48. The van der Waals surface area contributed by atoms with Crippen molar-refractivity contribution in [3.8, 4) is 5.75 Å². The number of fused-ring (bicyclic) bond motifs is 2. The number of aromatic nitrogens is 1. The van der Waals surface area contributed by atoms with Crippen molar-refractivity contribution in [2.24, 2.45) is 5.92 Å². The quantitative estimate of drug-likeness (QED) is 0.406. The predicted octanol–water partition coefficient (Wildman–Crippen LogP) is 5.05. The molecular weight excluding hydrogens is 459 g/mol. The second kappa shape index (κ2) is 9.19. The molecule has 5 rings (SSSR count). The number of Topliss-reactive ketones (excluding diaryl/α,β-unsaturated/α-hetero) is 1. The van der Waals surface area contributed by atoms with Gasteiger partial charge in [-0.05, 0) is 61.1 Å². The summed E-state index contributed by atoms with van der Waals surface area (Å²) in [6.07, 6.45) is 2.46. The lowest BCUT2D eigenvalue weighted by atomic mass is 9.84. The van der Waals surface area contributed by atoms with E-state index in [0.717, 1.165) is 42.9 Å². The van der Waals surface area contributed by atoms with Gasteiger partial charge in [0.05, 0.1) is 22.5 Å². The zero-order valence-corrected chi connectivity index (χ0v) is 20.7. The van der Waals surface area contributed by atoms with Crippen molar-refractivity contribution >= 4 is 28.7 Å². The highest BCUT2D eigenvalue weighted by Crippen LogP contribution is 2.36. The number of likely N-dealkylation sites (tertiary alicyclic amines) is 1. The second-order valence-electron chi connectivity index (χ2n) is 10.3. The number of phenols is 1. The van der Waals surface area contributed by atoms with Crippen LogP contribution in [0.4, 0.5) is 27.3 Å². The second-order valence-corrected chi connectivity index (χ2v) is 10.3. The molecule has 4 N–H and O–H groups in total. The van der Waals surface area contributed by atoms with Gasteiger partial charge in [-0.25, -0.2) is 9.37 Å². The number of aliphatic hydroxyl groups is 1. The zero-order chi connectivity index (χ0) is 25.6. The number of nitrogens with zero attached hydrogens (tertiary/aromatic N) is 2. The first kappa shape index (κ1) is 24.2. The number of aryl methyl sites for hydroxylation is 1. The van der Waals surface area contributed by atoms with Crippen LogP contribution in [0.1, 0.15) is 47.3 Å². The monoisotopic (exact) mass is 490 g/mol. The largest absolute Gasteiger partial charge is 0.508 e. The Morgan fingerprint density at radius 2 is 2.06 bits per heavy atom. The fourth-order valence-electron chi connectivity index (χ4n) is 4.96. The Labute approximate surface area is 210 Å². The van der Waals surface area contributed by atoms with Crippen LogP contribution in [0, 0.1) is 18.7 Å². The number of aromatic hydroxyl groups is 1. The number of hydrogen-bond acceptors (Lipinski definition) is 7. The molecule has 0 spiro atoms. The maximum absolute atomic E-state index is 14.5. The number of anilines is 4. The fraction of sp³-hybridized carbons (Fsp3) is 0.357. The van der Waals surface area contributed by atoms with Crippen LogP contribution in [0.3, 0.4) is 0 Å². The summed E-state index contributed by atoms with van der Waals surface area (Å²) in [6.45, 7) is 7.98. The van der Waals surface area contributed by atoms with Crippen molar-refractivity contribution in [3.05, 3.63) is 70.7 Å². The average Bonchev–Trinajstić information content (AvgIpc) is 2.96. The molecule has 1 fully saturated rings. The molecule has 3 heterocycles. The van der Waals surface area contributed by atoms with Crippen molar-refractivity contribution in [3.63, 3.8) is 0 Å². The molecule has 0 saturated carbocycles. The van der Waals surface area contributed by atoms with E-state index in [1.165, 1.54) is 12.1 Å². The number of phenolic OH excluding ortho intramolecular Hbond substituents is 1. The molecule has 0 amide bonds. The Kier molecular flexibility index (Phi) is 6.18. The van der Waals surface area contributed by atoms with Gasteiger partial charge in [0.1, 0.15) is 17.4 Å². The van der Waals surface area contributed by atoms with Crippen LogP contribution in [-0.4, -0.2) is 44.6 Å². The van der Waals surface area contributed by atoms with E-state index in [4.69, 9.17) is 0 Å². The number of piperidine rings is 1. The van der Waals surface area contributed by atoms with E-state index in [1.54, 1.807) is 19.2 Å². The minimum absolute atomic E-state index is 0.0323. The molecule has 2 aliphatic heterocycles. The summed E-state index contributed by atoms with van der Waals surface area (Å²) in [6, 6.07) is 10.3. The standard InChI is InChI=1S/C28H31FN4O3/c1-16-10-20(29)23(13-24(16)34)31-22-6-8-30-27-26(22)25(35)12-19-11-18(4-5-21(19)32-27)15-33-9-7-28(3,36)17(2)14-33/h4-6,8,10-11,13,17,34,36H,7,9,12,14-15H2,1-3H3,(H2,30,31,32). The number of benzene rings is 2. The molecule has 36 heavy (non-hydrogen) atoms. The molecule has 1 saturated heterocycles. The summed E-state index contributed by atoms with van der Waals surface area (Å²) in [4.78, 5) is 20.1. The van der Waals surface area contributed by atoms with Crippen LogP contribution in [0.25, 0.3) is 0 Å². The van der Waals surface area contributed by atoms with E-state index >= 15 is 0 Å². The van der Waals surface area contributed by atoms with Crippen LogP contribution in [0.15, 0.2) is 42.6 Å². The van der Waals surface area contributed by atoms with E-state index in [9.17, 15) is 19.4 Å². The van der Waals surface area contributed by atoms with E-state index in [0.29, 0.717) is 22.6 Å². The van der Waals surface area contributed by atoms with Crippen molar-refractivity contribution in [2.75, 3.05) is 23.7 Å². The number of rotatable bonds is 4. The lowest BCUT2D eigenvalue weighted by molar-refractivity contribution is -0.0524. The smallest absolute Gasteiger partial charge is 0.173 e. The molecule has 2 unspecified atom stereocenters. The van der Waals surface area contributed by atoms with Crippen molar-refractivity contribution in [2.45, 2.75) is 45.8 Å². The topological polar surface area (TPSA) is 97.7 Å². The number of pyridine rings is 1. The molecule has 2 aliphatic rings. The predicted molar refractivity (Wildman–Crippen MR) is 138 cm³/mol. The van der Waals surface area contributed by atoms with E-state index < -0.39 is 11.4 Å². The summed E-state index contributed by atoms with van der Waals surface area (Å²) in [7, 11) is 0. The average molecular weight is 491 g/mol. The minimum Gasteiger partial charge on any atom is -0.508 e. The third-order valence-electron chi connectivity index (χ3n) is 7.49. The highest BCUT2D eigenvalue weighted by atomic mass is 19.1. The Hall–Kier alpha value is -3.49. The van der Waals surface area contributed by atoms with Gasteiger partial charge in [0.25, 0.3) is 0 Å². The van der Waals surface area contributed by atoms with Crippen LogP contribution in [0.2, 0.25) is 0 Å². The van der Waals surface area contributed by atoms with Crippen LogP contribution >= 0.6 is 0 Å². The normalized spacial score (nSPS) is 21.8. The van der Waals surface area contributed by atoms with Crippen molar-refractivity contribution < 1.29 is 19.4 Å². The van der Waals surface area contributed by atoms with Crippen LogP contribution in [-0.2, 0) is 13.0 Å². The summed E-state index contributed by atoms with van der Waals surface area (Å²) in [5.41, 5.74) is 3.43. The molecule has 0 aliphatic carbocycles. The molecule has 1 aromatic heterocycles. The molecule has 188 valence electrons. The summed E-state index contributed by atoms with van der Waals surface area (Å²) < 4.78 is 14.5. The summed E-state index contributed by atoms with van der Waals surface area (Å²) in [5, 5.41) is 26.7. The molecule has 2 aromatic carbocycles. The molecule has 7 nitrogen and oxygen atoms in total. The van der Waals surface area contributed by atoms with Gasteiger partial charge in [0.15, 0.2) is 5.78 Å². The van der Waals surface area contributed by atoms with Gasteiger partial charge in [-0.15, -0.1) is 0 Å². The van der Waals surface area contributed by atoms with Gasteiger partial charge >= 0.3 is 0 Å². The minimum atomic E-state index is -0.634. The summed E-state index contributed by atoms with van der Waals surface area (Å²) in [5.74, 6) is -0.104. The number of nitrogens with one attached hydrogen (secondary N) is 2. The highest BCUT2D eigenvalue weighted by molar-refractivity contribution is 6.09. The number of carbonyl (C=O) groups excluding carboxylic acids is 1. The maximum atomic E-state index is 14.5. The fourth-order valence-corrected chi connectivity index (χ4v) is 4.96. The first-order chi connectivity index (χ1) is 17.1. The first-order valence-electron chi connectivity index (χ1n) is 12.2. The number of ketones is 1. The van der Waals surface area contributed by atoms with Crippen LogP contribution in [0.5, 0.6) is 5.75 Å². The molecule has 0 bridgehead atoms. The molecule has 8 heteroatoms. The van der Waals surface area contributed by atoms with Crippen LogP contribution < -0.4 is 10.6 Å². The Balaban J connectivity index is 1.39.